The van der Waals surface area contributed by atoms with Gasteiger partial charge in [-0.1, -0.05) is 75.2 Å². The number of ether oxygens (including phenoxy) is 2. The Bertz CT molecular complexity index is 770. The molecule has 2 aromatic rings. The van der Waals surface area contributed by atoms with Crippen molar-refractivity contribution in [2.24, 2.45) is 17.3 Å². The number of para-hydroxylation sites is 2. The van der Waals surface area contributed by atoms with Gasteiger partial charge in [0.15, 0.2) is 0 Å². The van der Waals surface area contributed by atoms with E-state index in [1.54, 1.807) is 0 Å². The van der Waals surface area contributed by atoms with Gasteiger partial charge in [-0.3, -0.25) is 0 Å². The molecule has 1 aliphatic rings. The minimum absolute atomic E-state index is 0.0337. The summed E-state index contributed by atoms with van der Waals surface area (Å²) < 4.78 is 13.4. The van der Waals surface area contributed by atoms with Crippen LogP contribution < -0.4 is 14.8 Å². The predicted molar refractivity (Wildman–Crippen MR) is 131 cm³/mol. The van der Waals surface area contributed by atoms with Gasteiger partial charge >= 0.3 is 0 Å². The molecular formula is C26H35Cl2NO2. The topological polar surface area (TPSA) is 30.5 Å². The molecule has 1 fully saturated rings. The summed E-state index contributed by atoms with van der Waals surface area (Å²) in [5.41, 5.74) is -0.188. The van der Waals surface area contributed by atoms with E-state index in [-0.39, 0.29) is 17.6 Å². The normalized spacial score (nSPS) is 20.8. The van der Waals surface area contributed by atoms with Crippen LogP contribution in [0.2, 0.25) is 10.0 Å². The van der Waals surface area contributed by atoms with Crippen molar-refractivity contribution in [2.75, 3.05) is 13.1 Å². The lowest BCUT2D eigenvalue weighted by Crippen LogP contribution is -2.53. The third-order valence-electron chi connectivity index (χ3n) is 6.09. The highest BCUT2D eigenvalue weighted by Gasteiger charge is 2.51. The number of benzene rings is 2. The minimum atomic E-state index is -0.188. The first-order chi connectivity index (χ1) is 14.8. The van der Waals surface area contributed by atoms with Crippen LogP contribution in [-0.2, 0) is 0 Å². The molecule has 0 radical (unpaired) electrons. The molecule has 3 nitrogen and oxygen atoms in total. The van der Waals surface area contributed by atoms with Crippen LogP contribution in [0.5, 0.6) is 11.5 Å². The smallest absolute Gasteiger partial charge is 0.138 e. The fraction of sp³-hybridized carbons (Fsp3) is 0.538. The van der Waals surface area contributed by atoms with Gasteiger partial charge in [0.2, 0.25) is 0 Å². The van der Waals surface area contributed by atoms with E-state index in [2.05, 4.69) is 33.0 Å². The summed E-state index contributed by atoms with van der Waals surface area (Å²) in [4.78, 5) is 0. The lowest BCUT2D eigenvalue weighted by atomic mass is 9.71. The quantitative estimate of drug-likeness (QED) is 0.401. The summed E-state index contributed by atoms with van der Waals surface area (Å²) >= 11 is 13.0. The van der Waals surface area contributed by atoms with Gasteiger partial charge in [0, 0.05) is 6.54 Å². The summed E-state index contributed by atoms with van der Waals surface area (Å²) in [6.45, 7) is 10.8. The summed E-state index contributed by atoms with van der Waals surface area (Å²) in [5.74, 6) is 2.43. The molecule has 1 aliphatic heterocycles. The van der Waals surface area contributed by atoms with Crippen LogP contribution in [0.3, 0.4) is 0 Å². The second-order valence-electron chi connectivity index (χ2n) is 9.49. The van der Waals surface area contributed by atoms with Crippen molar-refractivity contribution in [1.29, 1.82) is 0 Å². The van der Waals surface area contributed by atoms with Crippen molar-refractivity contribution in [1.82, 2.24) is 5.32 Å². The molecule has 0 spiro atoms. The van der Waals surface area contributed by atoms with Crippen molar-refractivity contribution < 1.29 is 9.47 Å². The van der Waals surface area contributed by atoms with Crippen molar-refractivity contribution in [3.05, 3.63) is 58.6 Å². The molecule has 0 aliphatic carbocycles. The zero-order valence-electron chi connectivity index (χ0n) is 19.0. The lowest BCUT2D eigenvalue weighted by molar-refractivity contribution is -0.0491. The number of halogens is 2. The zero-order valence-corrected chi connectivity index (χ0v) is 20.5. The summed E-state index contributed by atoms with van der Waals surface area (Å²) in [6, 6.07) is 15.5. The van der Waals surface area contributed by atoms with Gasteiger partial charge in [-0.15, -0.1) is 0 Å². The third-order valence-corrected chi connectivity index (χ3v) is 6.71. The van der Waals surface area contributed by atoms with Gasteiger partial charge < -0.3 is 14.8 Å². The highest BCUT2D eigenvalue weighted by Crippen LogP contribution is 2.44. The Hall–Kier alpha value is -1.42. The highest BCUT2D eigenvalue weighted by molar-refractivity contribution is 6.32. The molecule has 0 amide bonds. The van der Waals surface area contributed by atoms with Crippen LogP contribution in [0, 0.1) is 17.3 Å². The Kier molecular flexibility index (Phi) is 8.55. The molecule has 2 unspecified atom stereocenters. The van der Waals surface area contributed by atoms with E-state index in [9.17, 15) is 0 Å². The van der Waals surface area contributed by atoms with Crippen LogP contribution >= 0.6 is 23.2 Å². The van der Waals surface area contributed by atoms with Crippen molar-refractivity contribution >= 4 is 23.2 Å². The summed E-state index contributed by atoms with van der Waals surface area (Å²) in [5, 5.41) is 4.88. The van der Waals surface area contributed by atoms with E-state index < -0.39 is 0 Å². The molecule has 1 saturated heterocycles. The van der Waals surface area contributed by atoms with Gasteiger partial charge in [0.1, 0.15) is 23.7 Å². The second kappa shape index (κ2) is 10.9. The van der Waals surface area contributed by atoms with Gasteiger partial charge in [0.25, 0.3) is 0 Å². The van der Waals surface area contributed by atoms with Crippen LogP contribution in [0.1, 0.15) is 47.0 Å². The molecule has 2 atom stereocenters. The van der Waals surface area contributed by atoms with Crippen LogP contribution in [-0.4, -0.2) is 25.3 Å². The predicted octanol–water partition coefficient (Wildman–Crippen LogP) is 7.26. The first kappa shape index (κ1) is 24.2. The molecule has 2 aromatic carbocycles. The van der Waals surface area contributed by atoms with E-state index in [0.29, 0.717) is 21.9 Å². The van der Waals surface area contributed by atoms with Crippen LogP contribution in [0.15, 0.2) is 48.5 Å². The summed E-state index contributed by atoms with van der Waals surface area (Å²) in [7, 11) is 0. The van der Waals surface area contributed by atoms with E-state index in [1.165, 1.54) is 0 Å². The van der Waals surface area contributed by atoms with E-state index in [0.717, 1.165) is 43.9 Å². The summed E-state index contributed by atoms with van der Waals surface area (Å²) in [6.07, 6.45) is 2.76. The van der Waals surface area contributed by atoms with Gasteiger partial charge in [0.05, 0.1) is 15.5 Å². The zero-order chi connectivity index (χ0) is 22.4. The first-order valence-corrected chi connectivity index (χ1v) is 12.1. The molecule has 170 valence electrons. The van der Waals surface area contributed by atoms with Crippen molar-refractivity contribution in [3.63, 3.8) is 0 Å². The SMILES string of the molecule is CC(C)CC(Oc1ccccc1Cl)C1(C(CC(C)C)Oc2ccccc2Cl)CCNC1. The van der Waals surface area contributed by atoms with Crippen LogP contribution in [0.25, 0.3) is 0 Å². The van der Waals surface area contributed by atoms with Gasteiger partial charge in [-0.2, -0.15) is 0 Å². The molecule has 0 saturated carbocycles. The Balaban J connectivity index is 2.00. The maximum Gasteiger partial charge on any atom is 0.138 e. The molecule has 5 heteroatoms. The third kappa shape index (κ3) is 6.09. The Morgan fingerprint density at radius 1 is 0.806 bits per heavy atom. The highest BCUT2D eigenvalue weighted by atomic mass is 35.5. The fourth-order valence-corrected chi connectivity index (χ4v) is 4.89. The molecular weight excluding hydrogens is 429 g/mol. The number of hydrogen-bond acceptors (Lipinski definition) is 3. The van der Waals surface area contributed by atoms with E-state index in [1.807, 2.05) is 48.5 Å². The van der Waals surface area contributed by atoms with Crippen molar-refractivity contribution in [3.8, 4) is 11.5 Å². The molecule has 3 rings (SSSR count). The Labute approximate surface area is 197 Å². The standard InChI is InChI=1S/C26H35Cl2NO2/c1-18(2)15-24(30-22-11-7-5-9-20(22)27)26(13-14-29-17-26)25(16-19(3)4)31-23-12-8-6-10-21(23)28/h5-12,18-19,24-25,29H,13-17H2,1-4H3. The molecule has 0 aromatic heterocycles. The fourth-order valence-electron chi connectivity index (χ4n) is 4.53. The molecule has 0 bridgehead atoms. The Morgan fingerprint density at radius 2 is 1.26 bits per heavy atom. The van der Waals surface area contributed by atoms with Crippen molar-refractivity contribution in [2.45, 2.75) is 59.2 Å². The van der Waals surface area contributed by atoms with E-state index >= 15 is 0 Å². The van der Waals surface area contributed by atoms with E-state index in [4.69, 9.17) is 32.7 Å². The maximum absolute atomic E-state index is 6.69. The molecule has 1 heterocycles. The molecule has 1 N–H and O–H groups in total. The van der Waals surface area contributed by atoms with Gasteiger partial charge in [-0.25, -0.2) is 0 Å². The van der Waals surface area contributed by atoms with Crippen LogP contribution in [0.4, 0.5) is 0 Å². The average Bonchev–Trinajstić information content (AvgIpc) is 3.21. The monoisotopic (exact) mass is 463 g/mol. The number of rotatable bonds is 10. The first-order valence-electron chi connectivity index (χ1n) is 11.3. The average molecular weight is 464 g/mol. The number of nitrogens with one attached hydrogen (secondary N) is 1. The largest absolute Gasteiger partial charge is 0.488 e. The number of hydrogen-bond donors (Lipinski definition) is 1. The minimum Gasteiger partial charge on any atom is -0.488 e. The Morgan fingerprint density at radius 3 is 1.61 bits per heavy atom. The van der Waals surface area contributed by atoms with Gasteiger partial charge in [-0.05, 0) is 61.9 Å². The lowest BCUT2D eigenvalue weighted by Gasteiger charge is -2.44. The second-order valence-corrected chi connectivity index (χ2v) is 10.3. The maximum atomic E-state index is 6.69. The molecule has 31 heavy (non-hydrogen) atoms.